The molecule has 5 nitrogen and oxygen atoms in total. The summed E-state index contributed by atoms with van der Waals surface area (Å²) in [6, 6.07) is 0.544. The van der Waals surface area contributed by atoms with Gasteiger partial charge in [0.15, 0.2) is 11.5 Å². The number of hydrogen-bond acceptors (Lipinski definition) is 4. The fraction of sp³-hybridized carbons (Fsp3) is 0.583. The Labute approximate surface area is 109 Å². The standard InChI is InChI=1S/C12H14ClN5/c13-12-17-10-9(14-5-15-10)11(18-12)16-8(6-1-2-6)7-3-4-7/h5-8H,1-4H2,(H2,14,15,16,17,18). The number of halogens is 1. The lowest BCUT2D eigenvalue weighted by atomic mass is 10.1. The maximum absolute atomic E-state index is 5.94. The molecule has 0 unspecified atom stereocenters. The van der Waals surface area contributed by atoms with Crippen molar-refractivity contribution in [3.05, 3.63) is 11.6 Å². The van der Waals surface area contributed by atoms with Crippen molar-refractivity contribution in [2.45, 2.75) is 31.7 Å². The summed E-state index contributed by atoms with van der Waals surface area (Å²) in [5.41, 5.74) is 1.48. The van der Waals surface area contributed by atoms with E-state index in [1.165, 1.54) is 25.7 Å². The van der Waals surface area contributed by atoms with E-state index in [2.05, 4.69) is 25.3 Å². The predicted molar refractivity (Wildman–Crippen MR) is 69.6 cm³/mol. The lowest BCUT2D eigenvalue weighted by Crippen LogP contribution is -2.25. The Morgan fingerprint density at radius 3 is 2.61 bits per heavy atom. The molecule has 0 aliphatic heterocycles. The molecule has 0 spiro atoms. The molecule has 18 heavy (non-hydrogen) atoms. The maximum atomic E-state index is 5.94. The number of nitrogens with one attached hydrogen (secondary N) is 2. The molecule has 2 saturated carbocycles. The molecule has 6 heteroatoms. The van der Waals surface area contributed by atoms with E-state index in [-0.39, 0.29) is 5.28 Å². The number of nitrogens with zero attached hydrogens (tertiary/aromatic N) is 3. The van der Waals surface area contributed by atoms with Crippen molar-refractivity contribution < 1.29 is 0 Å². The minimum atomic E-state index is 0.252. The summed E-state index contributed by atoms with van der Waals surface area (Å²) in [5, 5.41) is 3.82. The van der Waals surface area contributed by atoms with Gasteiger partial charge < -0.3 is 10.3 Å². The summed E-state index contributed by atoms with van der Waals surface area (Å²) in [5.74, 6) is 2.42. The van der Waals surface area contributed by atoms with Crippen LogP contribution in [0.1, 0.15) is 25.7 Å². The Bertz CT molecular complexity index is 575. The highest BCUT2D eigenvalue weighted by Gasteiger charge is 2.41. The molecule has 2 aromatic rings. The summed E-state index contributed by atoms with van der Waals surface area (Å²) < 4.78 is 0. The van der Waals surface area contributed by atoms with Crippen molar-refractivity contribution in [3.8, 4) is 0 Å². The number of H-pyrrole nitrogens is 1. The lowest BCUT2D eigenvalue weighted by Gasteiger charge is -2.18. The van der Waals surface area contributed by atoms with Crippen LogP contribution >= 0.6 is 11.6 Å². The predicted octanol–water partition coefficient (Wildman–Crippen LogP) is 2.61. The molecule has 0 radical (unpaired) electrons. The maximum Gasteiger partial charge on any atom is 0.226 e. The van der Waals surface area contributed by atoms with Crippen LogP contribution in [0.2, 0.25) is 5.28 Å². The highest BCUT2D eigenvalue weighted by atomic mass is 35.5. The molecule has 94 valence electrons. The highest BCUT2D eigenvalue weighted by Crippen LogP contribution is 2.46. The highest BCUT2D eigenvalue weighted by molar-refractivity contribution is 6.28. The van der Waals surface area contributed by atoms with Gasteiger partial charge >= 0.3 is 0 Å². The van der Waals surface area contributed by atoms with E-state index in [9.17, 15) is 0 Å². The van der Waals surface area contributed by atoms with Crippen molar-refractivity contribution in [1.82, 2.24) is 19.9 Å². The van der Waals surface area contributed by atoms with Crippen LogP contribution in [-0.2, 0) is 0 Å². The average molecular weight is 264 g/mol. The van der Waals surface area contributed by atoms with Gasteiger partial charge in [-0.2, -0.15) is 9.97 Å². The topological polar surface area (TPSA) is 66.5 Å². The average Bonchev–Trinajstić information content (AvgIpc) is 3.24. The van der Waals surface area contributed by atoms with Gasteiger partial charge in [-0.05, 0) is 49.1 Å². The van der Waals surface area contributed by atoms with Crippen molar-refractivity contribution >= 4 is 28.6 Å². The quantitative estimate of drug-likeness (QED) is 0.832. The summed E-state index contributed by atoms with van der Waals surface area (Å²) in [4.78, 5) is 15.6. The molecule has 0 aromatic carbocycles. The van der Waals surface area contributed by atoms with Gasteiger partial charge in [0.1, 0.15) is 5.52 Å². The molecule has 0 bridgehead atoms. The fourth-order valence-electron chi connectivity index (χ4n) is 2.60. The van der Waals surface area contributed by atoms with Crippen molar-refractivity contribution in [2.24, 2.45) is 11.8 Å². The Morgan fingerprint density at radius 2 is 1.94 bits per heavy atom. The van der Waals surface area contributed by atoms with Crippen molar-refractivity contribution in [2.75, 3.05) is 5.32 Å². The zero-order chi connectivity index (χ0) is 12.1. The zero-order valence-electron chi connectivity index (χ0n) is 9.86. The van der Waals surface area contributed by atoms with Gasteiger partial charge in [0.25, 0.3) is 0 Å². The molecular weight excluding hydrogens is 250 g/mol. The molecule has 2 aromatic heterocycles. The van der Waals surface area contributed by atoms with Gasteiger partial charge in [-0.1, -0.05) is 0 Å². The lowest BCUT2D eigenvalue weighted by molar-refractivity contribution is 0.566. The Kier molecular flexibility index (Phi) is 2.24. The molecule has 2 aliphatic rings. The van der Waals surface area contributed by atoms with Crippen molar-refractivity contribution in [3.63, 3.8) is 0 Å². The number of imidazole rings is 1. The molecule has 2 heterocycles. The van der Waals surface area contributed by atoms with E-state index < -0.39 is 0 Å². The minimum Gasteiger partial charge on any atom is -0.365 e. The van der Waals surface area contributed by atoms with Crippen LogP contribution in [0.15, 0.2) is 6.33 Å². The second-order valence-corrected chi connectivity index (χ2v) is 5.63. The fourth-order valence-corrected chi connectivity index (χ4v) is 2.76. The minimum absolute atomic E-state index is 0.252. The summed E-state index contributed by atoms with van der Waals surface area (Å²) in [6.45, 7) is 0. The van der Waals surface area contributed by atoms with Gasteiger partial charge in [-0.3, -0.25) is 0 Å². The number of anilines is 1. The Morgan fingerprint density at radius 1 is 1.22 bits per heavy atom. The molecule has 4 rings (SSSR count). The number of aromatic nitrogens is 4. The van der Waals surface area contributed by atoms with Gasteiger partial charge in [-0.25, -0.2) is 4.98 Å². The Hall–Kier alpha value is -1.36. The Balaban J connectivity index is 1.70. The third-order valence-electron chi connectivity index (χ3n) is 3.82. The van der Waals surface area contributed by atoms with E-state index in [4.69, 9.17) is 11.6 Å². The van der Waals surface area contributed by atoms with Crippen LogP contribution in [0, 0.1) is 11.8 Å². The normalized spacial score (nSPS) is 19.7. The van der Waals surface area contributed by atoms with Gasteiger partial charge in [0.05, 0.1) is 6.33 Å². The van der Waals surface area contributed by atoms with E-state index in [0.29, 0.717) is 11.7 Å². The second-order valence-electron chi connectivity index (χ2n) is 5.29. The molecule has 0 amide bonds. The first-order valence-corrected chi connectivity index (χ1v) is 6.82. The largest absolute Gasteiger partial charge is 0.365 e. The number of rotatable bonds is 4. The molecule has 2 aliphatic carbocycles. The van der Waals surface area contributed by atoms with Crippen LogP contribution in [0.4, 0.5) is 5.82 Å². The van der Waals surface area contributed by atoms with Crippen LogP contribution in [0.5, 0.6) is 0 Å². The molecule has 0 saturated heterocycles. The van der Waals surface area contributed by atoms with E-state index >= 15 is 0 Å². The molecule has 0 atom stereocenters. The van der Waals surface area contributed by atoms with Gasteiger partial charge in [0, 0.05) is 6.04 Å². The number of aromatic amines is 1. The van der Waals surface area contributed by atoms with Crippen LogP contribution in [0.25, 0.3) is 11.2 Å². The third kappa shape index (κ3) is 1.82. The third-order valence-corrected chi connectivity index (χ3v) is 3.99. The first kappa shape index (κ1) is 10.6. The molecular formula is C12H14ClN5. The van der Waals surface area contributed by atoms with Crippen molar-refractivity contribution in [1.29, 1.82) is 0 Å². The van der Waals surface area contributed by atoms with E-state index in [1.54, 1.807) is 6.33 Å². The summed E-state index contributed by atoms with van der Waals surface area (Å²) in [7, 11) is 0. The summed E-state index contributed by atoms with van der Waals surface area (Å²) >= 11 is 5.94. The van der Waals surface area contributed by atoms with Gasteiger partial charge in [-0.15, -0.1) is 0 Å². The van der Waals surface area contributed by atoms with Crippen LogP contribution in [-0.4, -0.2) is 26.0 Å². The number of fused-ring (bicyclic) bond motifs is 1. The smallest absolute Gasteiger partial charge is 0.226 e. The second kappa shape index (κ2) is 3.82. The summed E-state index contributed by atoms with van der Waals surface area (Å²) in [6.07, 6.45) is 6.96. The first-order chi connectivity index (χ1) is 8.81. The van der Waals surface area contributed by atoms with Crippen LogP contribution in [0.3, 0.4) is 0 Å². The van der Waals surface area contributed by atoms with Gasteiger partial charge in [0.2, 0.25) is 5.28 Å². The number of hydrogen-bond donors (Lipinski definition) is 2. The zero-order valence-corrected chi connectivity index (χ0v) is 10.6. The SMILES string of the molecule is Clc1nc(NC(C2CC2)C2CC2)c2[nH]cnc2n1. The van der Waals surface area contributed by atoms with E-state index in [0.717, 1.165) is 23.2 Å². The molecule has 2 N–H and O–H groups in total. The molecule has 2 fully saturated rings. The van der Waals surface area contributed by atoms with E-state index in [1.807, 2.05) is 0 Å². The monoisotopic (exact) mass is 263 g/mol. The first-order valence-electron chi connectivity index (χ1n) is 6.44. The van der Waals surface area contributed by atoms with Crippen LogP contribution < -0.4 is 5.32 Å².